The number of carbonyl (C=O) groups excluding carboxylic acids is 1. The van der Waals surface area contributed by atoms with Crippen LogP contribution in [0.4, 0.5) is 8.78 Å². The molecular formula is C8H5F2N3OS. The lowest BCUT2D eigenvalue weighted by Crippen LogP contribution is -1.86. The summed E-state index contributed by atoms with van der Waals surface area (Å²) < 4.78 is 24.5. The summed E-state index contributed by atoms with van der Waals surface area (Å²) in [6, 6.07) is 0. The van der Waals surface area contributed by atoms with E-state index in [1.165, 1.54) is 11.6 Å². The first kappa shape index (κ1) is 9.91. The predicted octanol–water partition coefficient (Wildman–Crippen LogP) is 2.28. The fraction of sp³-hybridized carbons (Fsp3) is 0.125. The number of H-pyrrole nitrogens is 1. The number of aldehydes is 1. The fourth-order valence-electron chi connectivity index (χ4n) is 1.07. The topological polar surface area (TPSA) is 58.6 Å². The van der Waals surface area contributed by atoms with E-state index in [4.69, 9.17) is 0 Å². The summed E-state index contributed by atoms with van der Waals surface area (Å²) in [5, 5.41) is 7.73. The minimum atomic E-state index is -2.60. The average molecular weight is 229 g/mol. The third-order valence-corrected chi connectivity index (χ3v) is 2.66. The first-order chi connectivity index (χ1) is 7.22. The first-order valence-corrected chi connectivity index (χ1v) is 4.83. The van der Waals surface area contributed by atoms with E-state index >= 15 is 0 Å². The highest BCUT2D eigenvalue weighted by atomic mass is 32.1. The van der Waals surface area contributed by atoms with E-state index in [-0.39, 0.29) is 11.4 Å². The van der Waals surface area contributed by atoms with Crippen LogP contribution in [-0.2, 0) is 0 Å². The van der Waals surface area contributed by atoms with Crippen molar-refractivity contribution in [1.82, 2.24) is 15.2 Å². The molecule has 0 saturated heterocycles. The number of nitrogens with zero attached hydrogens (tertiary/aromatic N) is 2. The van der Waals surface area contributed by atoms with E-state index in [0.717, 1.165) is 11.3 Å². The lowest BCUT2D eigenvalue weighted by atomic mass is 10.3. The molecular weight excluding hydrogens is 224 g/mol. The summed E-state index contributed by atoms with van der Waals surface area (Å²) in [6.45, 7) is 0. The van der Waals surface area contributed by atoms with Crippen molar-refractivity contribution >= 4 is 17.6 Å². The van der Waals surface area contributed by atoms with Crippen LogP contribution in [0.2, 0.25) is 0 Å². The van der Waals surface area contributed by atoms with Crippen LogP contribution in [-0.4, -0.2) is 21.5 Å². The molecule has 78 valence electrons. The van der Waals surface area contributed by atoms with Gasteiger partial charge in [-0.2, -0.15) is 5.10 Å². The second kappa shape index (κ2) is 3.85. The van der Waals surface area contributed by atoms with Gasteiger partial charge < -0.3 is 0 Å². The normalized spacial score (nSPS) is 10.9. The number of halogens is 2. The molecule has 0 atom stereocenters. The smallest absolute Gasteiger partial charge is 0.281 e. The number of nitrogens with one attached hydrogen (secondary N) is 1. The summed E-state index contributed by atoms with van der Waals surface area (Å²) in [4.78, 5) is 14.3. The van der Waals surface area contributed by atoms with Crippen molar-refractivity contribution in [3.63, 3.8) is 0 Å². The number of aromatic nitrogens is 3. The number of alkyl halides is 2. The standard InChI is InChI=1S/C8H5F2N3OS/c9-7(10)6-3-15-8(12-6)4-1-11-13-5(4)2-14/h1-3,7H,(H,11,13). The van der Waals surface area contributed by atoms with Crippen LogP contribution in [0.3, 0.4) is 0 Å². The number of hydrogen-bond donors (Lipinski definition) is 1. The van der Waals surface area contributed by atoms with Gasteiger partial charge in [-0.25, -0.2) is 13.8 Å². The monoisotopic (exact) mass is 229 g/mol. The Balaban J connectivity index is 2.41. The van der Waals surface area contributed by atoms with E-state index in [9.17, 15) is 13.6 Å². The average Bonchev–Trinajstić information content (AvgIpc) is 2.85. The Bertz CT molecular complexity index is 480. The van der Waals surface area contributed by atoms with Crippen LogP contribution >= 0.6 is 11.3 Å². The van der Waals surface area contributed by atoms with Crippen molar-refractivity contribution in [2.45, 2.75) is 6.43 Å². The number of rotatable bonds is 3. The van der Waals surface area contributed by atoms with Gasteiger partial charge in [-0.1, -0.05) is 0 Å². The van der Waals surface area contributed by atoms with Crippen LogP contribution in [0.25, 0.3) is 10.6 Å². The van der Waals surface area contributed by atoms with Crippen LogP contribution in [0.15, 0.2) is 11.6 Å². The van der Waals surface area contributed by atoms with Crippen LogP contribution in [0, 0.1) is 0 Å². The van der Waals surface area contributed by atoms with Gasteiger partial charge in [0.25, 0.3) is 6.43 Å². The van der Waals surface area contributed by atoms with Crippen LogP contribution < -0.4 is 0 Å². The van der Waals surface area contributed by atoms with E-state index in [2.05, 4.69) is 15.2 Å². The second-order valence-corrected chi connectivity index (χ2v) is 3.55. The fourth-order valence-corrected chi connectivity index (χ4v) is 1.90. The van der Waals surface area contributed by atoms with Crippen LogP contribution in [0.1, 0.15) is 22.6 Å². The SMILES string of the molecule is O=Cc1[nH]ncc1-c1nc(C(F)F)cs1. The van der Waals surface area contributed by atoms with Gasteiger partial charge in [-0.3, -0.25) is 9.89 Å². The third-order valence-electron chi connectivity index (χ3n) is 1.76. The Morgan fingerprint density at radius 1 is 1.53 bits per heavy atom. The van der Waals surface area contributed by atoms with Gasteiger partial charge >= 0.3 is 0 Å². The molecule has 0 aromatic carbocycles. The predicted molar refractivity (Wildman–Crippen MR) is 50.0 cm³/mol. The molecule has 0 fully saturated rings. The number of hydrogen-bond acceptors (Lipinski definition) is 4. The first-order valence-electron chi connectivity index (χ1n) is 3.95. The molecule has 15 heavy (non-hydrogen) atoms. The van der Waals surface area contributed by atoms with Gasteiger partial charge in [0, 0.05) is 5.38 Å². The maximum Gasteiger partial charge on any atom is 0.281 e. The summed E-state index contributed by atoms with van der Waals surface area (Å²) >= 11 is 1.06. The van der Waals surface area contributed by atoms with Gasteiger partial charge in [0.2, 0.25) is 0 Å². The second-order valence-electron chi connectivity index (χ2n) is 2.69. The Hall–Kier alpha value is -1.63. The number of carbonyl (C=O) groups is 1. The lowest BCUT2D eigenvalue weighted by Gasteiger charge is -1.91. The number of thiazole rings is 1. The minimum absolute atomic E-state index is 0.241. The van der Waals surface area contributed by atoms with Crippen molar-refractivity contribution in [2.24, 2.45) is 0 Å². The van der Waals surface area contributed by atoms with Gasteiger partial charge in [-0.15, -0.1) is 11.3 Å². The van der Waals surface area contributed by atoms with Gasteiger partial charge in [0.05, 0.1) is 11.8 Å². The molecule has 0 radical (unpaired) electrons. The third kappa shape index (κ3) is 1.78. The van der Waals surface area contributed by atoms with Gasteiger partial charge in [0.15, 0.2) is 6.29 Å². The molecule has 0 amide bonds. The Labute approximate surface area is 87.0 Å². The van der Waals surface area contributed by atoms with Crippen molar-refractivity contribution in [1.29, 1.82) is 0 Å². The van der Waals surface area contributed by atoms with E-state index in [0.29, 0.717) is 16.9 Å². The maximum atomic E-state index is 12.3. The zero-order valence-corrected chi connectivity index (χ0v) is 8.09. The highest BCUT2D eigenvalue weighted by Crippen LogP contribution is 2.28. The summed E-state index contributed by atoms with van der Waals surface area (Å²) in [5.74, 6) is 0. The molecule has 7 heteroatoms. The van der Waals surface area contributed by atoms with Crippen molar-refractivity contribution in [2.75, 3.05) is 0 Å². The van der Waals surface area contributed by atoms with E-state index in [1.54, 1.807) is 0 Å². The minimum Gasteiger partial charge on any atom is -0.296 e. The van der Waals surface area contributed by atoms with Gasteiger partial charge in [0.1, 0.15) is 16.4 Å². The molecule has 0 unspecified atom stereocenters. The molecule has 0 saturated carbocycles. The van der Waals surface area contributed by atoms with E-state index in [1.807, 2.05) is 0 Å². The highest BCUT2D eigenvalue weighted by molar-refractivity contribution is 7.13. The molecule has 0 aliphatic heterocycles. The summed E-state index contributed by atoms with van der Waals surface area (Å²) in [7, 11) is 0. The molecule has 0 bridgehead atoms. The molecule has 2 aromatic heterocycles. The molecule has 0 spiro atoms. The Morgan fingerprint density at radius 2 is 2.33 bits per heavy atom. The zero-order chi connectivity index (χ0) is 10.8. The molecule has 2 aromatic rings. The Kier molecular flexibility index (Phi) is 2.55. The zero-order valence-electron chi connectivity index (χ0n) is 7.28. The molecule has 4 nitrogen and oxygen atoms in total. The van der Waals surface area contributed by atoms with E-state index < -0.39 is 6.43 Å². The molecule has 2 heterocycles. The molecule has 0 aliphatic rings. The Morgan fingerprint density at radius 3 is 2.93 bits per heavy atom. The van der Waals surface area contributed by atoms with Gasteiger partial charge in [-0.05, 0) is 0 Å². The van der Waals surface area contributed by atoms with Crippen molar-refractivity contribution in [3.05, 3.63) is 23.0 Å². The molecule has 0 aliphatic carbocycles. The summed E-state index contributed by atoms with van der Waals surface area (Å²) in [6.07, 6.45) is -0.634. The number of aromatic amines is 1. The largest absolute Gasteiger partial charge is 0.296 e. The highest BCUT2D eigenvalue weighted by Gasteiger charge is 2.15. The van der Waals surface area contributed by atoms with Crippen molar-refractivity contribution in [3.8, 4) is 10.6 Å². The summed E-state index contributed by atoms with van der Waals surface area (Å²) in [5.41, 5.74) is 0.403. The quantitative estimate of drug-likeness (QED) is 0.821. The van der Waals surface area contributed by atoms with Crippen LogP contribution in [0.5, 0.6) is 0 Å². The molecule has 1 N–H and O–H groups in total. The lowest BCUT2D eigenvalue weighted by molar-refractivity contribution is 0.111. The van der Waals surface area contributed by atoms with Crippen molar-refractivity contribution < 1.29 is 13.6 Å². The molecule has 2 rings (SSSR count). The maximum absolute atomic E-state index is 12.3.